The third-order valence-corrected chi connectivity index (χ3v) is 6.33. The van der Waals surface area contributed by atoms with Crippen molar-refractivity contribution in [2.75, 3.05) is 19.7 Å². The highest BCUT2D eigenvalue weighted by Crippen LogP contribution is 2.19. The zero-order valence-corrected chi connectivity index (χ0v) is 16.0. The normalized spacial score (nSPS) is 25.6. The summed E-state index contributed by atoms with van der Waals surface area (Å²) < 4.78 is 38.2. The summed E-state index contributed by atoms with van der Waals surface area (Å²) in [5, 5.41) is 2.82. The Morgan fingerprint density at radius 1 is 1.15 bits per heavy atom. The van der Waals surface area contributed by atoms with Gasteiger partial charge < -0.3 is 20.5 Å². The predicted molar refractivity (Wildman–Crippen MR) is 99.4 cm³/mol. The van der Waals surface area contributed by atoms with Crippen LogP contribution in [0.5, 0.6) is 0 Å². The first-order valence-electron chi connectivity index (χ1n) is 9.31. The van der Waals surface area contributed by atoms with E-state index in [4.69, 9.17) is 15.2 Å². The minimum atomic E-state index is -3.57. The number of carbonyl (C=O) groups is 1. The Labute approximate surface area is 159 Å². The molecule has 1 amide bonds. The number of hydrogen-bond donors (Lipinski definition) is 3. The minimum absolute atomic E-state index is 0.0487. The van der Waals surface area contributed by atoms with E-state index in [1.165, 1.54) is 12.1 Å². The van der Waals surface area contributed by atoms with Crippen LogP contribution in [0.2, 0.25) is 0 Å². The number of nitrogens with two attached hydrogens (primary N) is 1. The van der Waals surface area contributed by atoms with Crippen molar-refractivity contribution in [3.05, 3.63) is 29.8 Å². The van der Waals surface area contributed by atoms with Crippen molar-refractivity contribution < 1.29 is 22.7 Å². The van der Waals surface area contributed by atoms with Crippen LogP contribution in [0.15, 0.2) is 29.2 Å². The van der Waals surface area contributed by atoms with Crippen LogP contribution >= 0.6 is 0 Å². The molecule has 0 aliphatic carbocycles. The van der Waals surface area contributed by atoms with E-state index in [2.05, 4.69) is 10.0 Å². The maximum Gasteiger partial charge on any atom is 0.249 e. The molecule has 0 saturated carbocycles. The van der Waals surface area contributed by atoms with Gasteiger partial charge in [0.05, 0.1) is 17.1 Å². The zero-order valence-electron chi connectivity index (χ0n) is 15.2. The first kappa shape index (κ1) is 20.2. The maximum absolute atomic E-state index is 12.3. The molecule has 150 valence electrons. The molecule has 8 nitrogen and oxygen atoms in total. The lowest BCUT2D eigenvalue weighted by Gasteiger charge is -2.13. The Balaban J connectivity index is 1.48. The monoisotopic (exact) mass is 397 g/mol. The lowest BCUT2D eigenvalue weighted by atomic mass is 10.2. The van der Waals surface area contributed by atoms with E-state index < -0.39 is 16.1 Å². The third-order valence-electron chi connectivity index (χ3n) is 4.89. The maximum atomic E-state index is 12.3. The average Bonchev–Trinajstić information content (AvgIpc) is 3.36. The summed E-state index contributed by atoms with van der Waals surface area (Å²) in [6.07, 6.45) is 2.74. The molecule has 2 saturated heterocycles. The Bertz CT molecular complexity index is 732. The van der Waals surface area contributed by atoms with Gasteiger partial charge in [-0.1, -0.05) is 12.1 Å². The molecule has 27 heavy (non-hydrogen) atoms. The van der Waals surface area contributed by atoms with Crippen molar-refractivity contribution in [2.24, 2.45) is 5.73 Å². The number of hydrogen-bond acceptors (Lipinski definition) is 6. The predicted octanol–water partition coefficient (Wildman–Crippen LogP) is 0.266. The molecule has 3 atom stereocenters. The van der Waals surface area contributed by atoms with Crippen molar-refractivity contribution >= 4 is 15.9 Å². The van der Waals surface area contributed by atoms with Crippen molar-refractivity contribution in [2.45, 2.75) is 55.4 Å². The Kier molecular flexibility index (Phi) is 6.83. The second-order valence-electron chi connectivity index (χ2n) is 6.91. The van der Waals surface area contributed by atoms with Gasteiger partial charge in [-0.25, -0.2) is 13.1 Å². The molecule has 0 radical (unpaired) electrons. The summed E-state index contributed by atoms with van der Waals surface area (Å²) in [6.45, 7) is 1.70. The van der Waals surface area contributed by atoms with Crippen LogP contribution < -0.4 is 15.8 Å². The molecule has 3 rings (SSSR count). The van der Waals surface area contributed by atoms with E-state index in [0.29, 0.717) is 26.1 Å². The molecule has 1 aromatic rings. The summed E-state index contributed by atoms with van der Waals surface area (Å²) in [6, 6.07) is 6.46. The second-order valence-corrected chi connectivity index (χ2v) is 8.68. The van der Waals surface area contributed by atoms with Crippen LogP contribution in [0.3, 0.4) is 0 Å². The van der Waals surface area contributed by atoms with Gasteiger partial charge in [-0.05, 0) is 43.4 Å². The number of carbonyl (C=O) groups excluding carboxylic acids is 1. The van der Waals surface area contributed by atoms with Gasteiger partial charge in [0.1, 0.15) is 6.10 Å². The summed E-state index contributed by atoms with van der Waals surface area (Å²) >= 11 is 0. The van der Waals surface area contributed by atoms with Gasteiger partial charge in [0.15, 0.2) is 0 Å². The van der Waals surface area contributed by atoms with Crippen molar-refractivity contribution in [3.8, 4) is 0 Å². The fourth-order valence-corrected chi connectivity index (χ4v) is 4.32. The molecule has 0 spiro atoms. The fraction of sp³-hybridized carbons (Fsp3) is 0.611. The number of ether oxygens (including phenoxy) is 2. The molecule has 2 fully saturated rings. The van der Waals surface area contributed by atoms with Crippen LogP contribution in [0.4, 0.5) is 0 Å². The smallest absolute Gasteiger partial charge is 0.249 e. The first-order chi connectivity index (χ1) is 13.0. The van der Waals surface area contributed by atoms with Crippen LogP contribution in [0, 0.1) is 0 Å². The largest absolute Gasteiger partial charge is 0.377 e. The standard InChI is InChI=1S/C18H27N3O5S/c19-10-14-5-8-17(26-14)18(22)20-11-13-3-6-16(7-4-13)27(23,24)21-12-15-2-1-9-25-15/h3-4,6-7,14-15,17,21H,1-2,5,8-12,19H2,(H,20,22)/t14-,15?,17+/m1/s1. The average molecular weight is 397 g/mol. The lowest BCUT2D eigenvalue weighted by molar-refractivity contribution is -0.132. The number of sulfonamides is 1. The molecular weight excluding hydrogens is 370 g/mol. The third kappa shape index (κ3) is 5.49. The number of amides is 1. The lowest BCUT2D eigenvalue weighted by Crippen LogP contribution is -2.35. The molecule has 1 unspecified atom stereocenters. The van der Waals surface area contributed by atoms with E-state index in [9.17, 15) is 13.2 Å². The molecule has 4 N–H and O–H groups in total. The van der Waals surface area contributed by atoms with E-state index in [0.717, 1.165) is 24.8 Å². The number of benzene rings is 1. The SMILES string of the molecule is NC[C@H]1CC[C@@H](C(=O)NCc2ccc(S(=O)(=O)NCC3CCCO3)cc2)O1. The molecular formula is C18H27N3O5S. The topological polar surface area (TPSA) is 120 Å². The van der Waals surface area contributed by atoms with Gasteiger partial charge in [0.25, 0.3) is 0 Å². The Morgan fingerprint density at radius 2 is 1.93 bits per heavy atom. The van der Waals surface area contributed by atoms with Gasteiger partial charge in [0.2, 0.25) is 15.9 Å². The van der Waals surface area contributed by atoms with E-state index in [1.54, 1.807) is 12.1 Å². The molecule has 0 bridgehead atoms. The fourth-order valence-electron chi connectivity index (χ4n) is 3.25. The van der Waals surface area contributed by atoms with Gasteiger partial charge in [-0.2, -0.15) is 0 Å². The van der Waals surface area contributed by atoms with Crippen LogP contribution in [0.25, 0.3) is 0 Å². The Hall–Kier alpha value is -1.52. The summed E-state index contributed by atoms with van der Waals surface area (Å²) in [5.41, 5.74) is 6.36. The number of rotatable bonds is 8. The van der Waals surface area contributed by atoms with E-state index in [1.807, 2.05) is 0 Å². The van der Waals surface area contributed by atoms with Crippen molar-refractivity contribution in [1.29, 1.82) is 0 Å². The molecule has 2 aliphatic rings. The summed E-state index contributed by atoms with van der Waals surface area (Å²) in [7, 11) is -3.57. The van der Waals surface area contributed by atoms with Gasteiger partial charge in [0, 0.05) is 26.2 Å². The minimum Gasteiger partial charge on any atom is -0.377 e. The van der Waals surface area contributed by atoms with Crippen molar-refractivity contribution in [1.82, 2.24) is 10.0 Å². The van der Waals surface area contributed by atoms with Crippen LogP contribution in [-0.2, 0) is 30.8 Å². The Morgan fingerprint density at radius 3 is 2.56 bits per heavy atom. The van der Waals surface area contributed by atoms with Gasteiger partial charge >= 0.3 is 0 Å². The molecule has 2 aliphatic heterocycles. The summed E-state index contributed by atoms with van der Waals surface area (Å²) in [5.74, 6) is -0.166. The quantitative estimate of drug-likeness (QED) is 0.579. The highest BCUT2D eigenvalue weighted by Gasteiger charge is 2.29. The van der Waals surface area contributed by atoms with Crippen LogP contribution in [0.1, 0.15) is 31.2 Å². The zero-order chi connectivity index (χ0) is 19.3. The summed E-state index contributed by atoms with van der Waals surface area (Å²) in [4.78, 5) is 12.3. The van der Waals surface area contributed by atoms with Crippen LogP contribution in [-0.4, -0.2) is 52.3 Å². The molecule has 1 aromatic carbocycles. The van der Waals surface area contributed by atoms with E-state index >= 15 is 0 Å². The molecule has 0 aromatic heterocycles. The van der Waals surface area contributed by atoms with Crippen molar-refractivity contribution in [3.63, 3.8) is 0 Å². The second kappa shape index (κ2) is 9.11. The molecule has 9 heteroatoms. The van der Waals surface area contributed by atoms with E-state index in [-0.39, 0.29) is 29.6 Å². The highest BCUT2D eigenvalue weighted by atomic mass is 32.2. The van der Waals surface area contributed by atoms with Gasteiger partial charge in [-0.15, -0.1) is 0 Å². The first-order valence-corrected chi connectivity index (χ1v) is 10.8. The number of nitrogens with one attached hydrogen (secondary N) is 2. The van der Waals surface area contributed by atoms with Gasteiger partial charge in [-0.3, -0.25) is 4.79 Å². The highest BCUT2D eigenvalue weighted by molar-refractivity contribution is 7.89. The molecule has 2 heterocycles.